The van der Waals surface area contributed by atoms with E-state index in [2.05, 4.69) is 219 Å². The van der Waals surface area contributed by atoms with Gasteiger partial charge in [0, 0.05) is 33.2 Å². The number of nitrogens with zero attached hydrogens (tertiary/aromatic N) is 1. The van der Waals surface area contributed by atoms with E-state index in [0.717, 1.165) is 50.1 Å². The molecule has 10 aromatic rings. The predicted octanol–water partition coefficient (Wildman–Crippen LogP) is 16.0. The molecule has 0 N–H and O–H groups in total. The highest BCUT2D eigenvalue weighted by molar-refractivity contribution is 6.12. The number of anilines is 3. The minimum Gasteiger partial charge on any atom is -0.456 e. The largest absolute Gasteiger partial charge is 0.456 e. The molecule has 0 amide bonds. The lowest BCUT2D eigenvalue weighted by atomic mass is 9.79. The summed E-state index contributed by atoms with van der Waals surface area (Å²) < 4.78 is 6.25. The van der Waals surface area contributed by atoms with E-state index in [9.17, 15) is 0 Å². The summed E-state index contributed by atoms with van der Waals surface area (Å²) in [5, 5.41) is 2.28. The van der Waals surface area contributed by atoms with Crippen molar-refractivity contribution in [1.82, 2.24) is 0 Å². The van der Waals surface area contributed by atoms with Crippen LogP contribution in [0.25, 0.3) is 77.6 Å². The molecule has 0 unspecified atom stereocenters. The van der Waals surface area contributed by atoms with Crippen LogP contribution in [0.15, 0.2) is 217 Å². The van der Waals surface area contributed by atoms with Gasteiger partial charge in [-0.3, -0.25) is 0 Å². The van der Waals surface area contributed by atoms with E-state index in [1.807, 2.05) is 12.1 Å². The summed E-state index contributed by atoms with van der Waals surface area (Å²) in [6.07, 6.45) is 0. The van der Waals surface area contributed by atoms with E-state index in [4.69, 9.17) is 4.42 Å². The van der Waals surface area contributed by atoms with Gasteiger partial charge in [-0.05, 0) is 115 Å². The van der Waals surface area contributed by atoms with Gasteiger partial charge >= 0.3 is 0 Å². The SMILES string of the molecule is CC1(C)c2ccccc2-c2cccc(-c3ccc(N(c4ccc(-c5ccc(-c6ccccc6)cc5)cc4)c4ccc(-c5cccc6oc7ccccc7c56)cc4)cc3)c21. The van der Waals surface area contributed by atoms with Gasteiger partial charge in [-0.15, -0.1) is 0 Å². The van der Waals surface area contributed by atoms with Crippen molar-refractivity contribution in [3.05, 3.63) is 223 Å². The maximum atomic E-state index is 6.25. The van der Waals surface area contributed by atoms with Crippen LogP contribution in [0.5, 0.6) is 0 Å². The number of benzene rings is 9. The fraction of sp³-hybridized carbons (Fsp3) is 0.0526. The molecule has 0 saturated carbocycles. The molecule has 0 saturated heterocycles. The first-order valence-electron chi connectivity index (χ1n) is 20.4. The summed E-state index contributed by atoms with van der Waals surface area (Å²) in [4.78, 5) is 2.36. The van der Waals surface area contributed by atoms with Crippen molar-refractivity contribution in [2.75, 3.05) is 4.90 Å². The third-order valence-electron chi connectivity index (χ3n) is 12.3. The molecule has 0 fully saturated rings. The summed E-state index contributed by atoms with van der Waals surface area (Å²) in [6, 6.07) is 76.7. The van der Waals surface area contributed by atoms with Gasteiger partial charge in [0.25, 0.3) is 0 Å². The maximum absolute atomic E-state index is 6.25. The number of para-hydroxylation sites is 1. The second-order valence-electron chi connectivity index (χ2n) is 16.1. The number of rotatable bonds is 7. The Morgan fingerprint density at radius 1 is 0.339 bits per heavy atom. The van der Waals surface area contributed by atoms with E-state index in [1.165, 1.54) is 55.6 Å². The Bertz CT molecular complexity index is 3140. The highest BCUT2D eigenvalue weighted by Gasteiger charge is 2.37. The highest BCUT2D eigenvalue weighted by Crippen LogP contribution is 2.52. The van der Waals surface area contributed by atoms with Gasteiger partial charge in [0.2, 0.25) is 0 Å². The maximum Gasteiger partial charge on any atom is 0.136 e. The summed E-state index contributed by atoms with van der Waals surface area (Å²) in [6.45, 7) is 4.72. The van der Waals surface area contributed by atoms with Gasteiger partial charge in [0.15, 0.2) is 0 Å². The van der Waals surface area contributed by atoms with Crippen molar-refractivity contribution in [3.8, 4) is 55.6 Å². The first-order valence-corrected chi connectivity index (χ1v) is 20.4. The zero-order valence-corrected chi connectivity index (χ0v) is 33.1. The van der Waals surface area contributed by atoms with Gasteiger partial charge in [-0.1, -0.05) is 178 Å². The van der Waals surface area contributed by atoms with Crippen molar-refractivity contribution in [1.29, 1.82) is 0 Å². The Kier molecular flexibility index (Phi) is 8.20. The Morgan fingerprint density at radius 2 is 0.780 bits per heavy atom. The lowest BCUT2D eigenvalue weighted by Gasteiger charge is -2.27. The minimum absolute atomic E-state index is 0.0916. The van der Waals surface area contributed by atoms with Gasteiger partial charge in [0.1, 0.15) is 11.2 Å². The second kappa shape index (κ2) is 13.9. The third-order valence-corrected chi connectivity index (χ3v) is 12.3. The molecule has 0 spiro atoms. The smallest absolute Gasteiger partial charge is 0.136 e. The molecule has 1 aliphatic rings. The summed E-state index contributed by atoms with van der Waals surface area (Å²) in [5.41, 5.74) is 20.1. The monoisotopic (exact) mass is 755 g/mol. The molecule has 280 valence electrons. The lowest BCUT2D eigenvalue weighted by molar-refractivity contribution is 0.662. The van der Waals surface area contributed by atoms with Crippen LogP contribution in [-0.4, -0.2) is 0 Å². The predicted molar refractivity (Wildman–Crippen MR) is 248 cm³/mol. The van der Waals surface area contributed by atoms with Crippen molar-refractivity contribution in [2.45, 2.75) is 19.3 Å². The number of fused-ring (bicyclic) bond motifs is 6. The fourth-order valence-corrected chi connectivity index (χ4v) is 9.42. The summed E-state index contributed by atoms with van der Waals surface area (Å²) in [7, 11) is 0. The molecule has 11 rings (SSSR count). The van der Waals surface area contributed by atoms with Gasteiger partial charge in [0.05, 0.1) is 0 Å². The molecule has 9 aromatic carbocycles. The molecule has 0 aliphatic heterocycles. The average Bonchev–Trinajstić information content (AvgIpc) is 3.80. The van der Waals surface area contributed by atoms with E-state index < -0.39 is 0 Å². The summed E-state index contributed by atoms with van der Waals surface area (Å²) in [5.74, 6) is 0. The minimum atomic E-state index is -0.0916. The van der Waals surface area contributed by atoms with E-state index in [0.29, 0.717) is 0 Å². The fourth-order valence-electron chi connectivity index (χ4n) is 9.42. The number of hydrogen-bond donors (Lipinski definition) is 0. The lowest BCUT2D eigenvalue weighted by Crippen LogP contribution is -2.16. The van der Waals surface area contributed by atoms with Crippen LogP contribution in [0.1, 0.15) is 25.0 Å². The summed E-state index contributed by atoms with van der Waals surface area (Å²) >= 11 is 0. The van der Waals surface area contributed by atoms with Gasteiger partial charge in [-0.25, -0.2) is 0 Å². The van der Waals surface area contributed by atoms with Crippen LogP contribution in [0, 0.1) is 0 Å². The quantitative estimate of drug-likeness (QED) is 0.161. The molecule has 1 aromatic heterocycles. The van der Waals surface area contributed by atoms with Gasteiger partial charge < -0.3 is 9.32 Å². The second-order valence-corrected chi connectivity index (χ2v) is 16.1. The molecular weight excluding hydrogens is 715 g/mol. The Morgan fingerprint density at radius 3 is 1.44 bits per heavy atom. The average molecular weight is 756 g/mol. The Hall–Kier alpha value is -7.42. The first-order chi connectivity index (χ1) is 29.0. The molecule has 0 radical (unpaired) electrons. The standard InChI is InChI=1S/C57H41NO/c1-57(2)52-19-8-6-14-49(52)50-18-10-17-48(56(50)57)43-30-36-46(37-31-43)58(44-32-26-41(27-33-44)40-24-22-39(23-25-40)38-12-4-3-5-13-38)45-34-28-42(29-35-45)47-16-11-21-54-55(47)51-15-7-9-20-53(51)59-54/h3-37H,1-2H3. The van der Waals surface area contributed by atoms with E-state index in [1.54, 1.807) is 0 Å². The zero-order valence-electron chi connectivity index (χ0n) is 33.1. The topological polar surface area (TPSA) is 16.4 Å². The first kappa shape index (κ1) is 34.8. The Labute approximate surface area is 345 Å². The van der Waals surface area contributed by atoms with Crippen molar-refractivity contribution < 1.29 is 4.42 Å². The molecule has 59 heavy (non-hydrogen) atoms. The highest BCUT2D eigenvalue weighted by atomic mass is 16.3. The zero-order chi connectivity index (χ0) is 39.5. The molecule has 2 nitrogen and oxygen atoms in total. The van der Waals surface area contributed by atoms with Crippen molar-refractivity contribution >= 4 is 39.0 Å². The van der Waals surface area contributed by atoms with Crippen LogP contribution >= 0.6 is 0 Å². The van der Waals surface area contributed by atoms with Crippen LogP contribution in [0.4, 0.5) is 17.1 Å². The molecule has 0 atom stereocenters. The molecule has 1 aliphatic carbocycles. The molecule has 2 heteroatoms. The number of hydrogen-bond acceptors (Lipinski definition) is 2. The van der Waals surface area contributed by atoms with Crippen LogP contribution in [0.3, 0.4) is 0 Å². The third kappa shape index (κ3) is 5.87. The number of furan rings is 1. The normalized spacial score (nSPS) is 12.7. The van der Waals surface area contributed by atoms with Crippen molar-refractivity contribution in [2.24, 2.45) is 0 Å². The molecule has 0 bridgehead atoms. The Balaban J connectivity index is 0.977. The van der Waals surface area contributed by atoms with Crippen LogP contribution in [0.2, 0.25) is 0 Å². The molecular formula is C57H41NO. The van der Waals surface area contributed by atoms with Crippen LogP contribution < -0.4 is 4.90 Å². The van der Waals surface area contributed by atoms with E-state index >= 15 is 0 Å². The van der Waals surface area contributed by atoms with Crippen LogP contribution in [-0.2, 0) is 5.41 Å². The molecule has 1 heterocycles. The van der Waals surface area contributed by atoms with Crippen molar-refractivity contribution in [3.63, 3.8) is 0 Å². The van der Waals surface area contributed by atoms with Gasteiger partial charge in [-0.2, -0.15) is 0 Å². The van der Waals surface area contributed by atoms with E-state index in [-0.39, 0.29) is 5.41 Å².